The Kier molecular flexibility index (Phi) is 3.05. The van der Waals surface area contributed by atoms with Crippen molar-refractivity contribution in [2.24, 2.45) is 0 Å². The molecular weight excluding hydrogens is 262 g/mol. The van der Waals surface area contributed by atoms with Crippen molar-refractivity contribution in [2.45, 2.75) is 13.5 Å². The molecule has 19 heavy (non-hydrogen) atoms. The van der Waals surface area contributed by atoms with E-state index < -0.39 is 0 Å². The van der Waals surface area contributed by atoms with Gasteiger partial charge in [-0.05, 0) is 12.5 Å². The quantitative estimate of drug-likeness (QED) is 0.746. The Balaban J connectivity index is 1.96. The summed E-state index contributed by atoms with van der Waals surface area (Å²) in [5.41, 5.74) is 2.04. The Morgan fingerprint density at radius 3 is 2.84 bits per heavy atom. The second-order valence-electron chi connectivity index (χ2n) is 4.19. The second-order valence-corrected chi connectivity index (χ2v) is 4.55. The Hall–Kier alpha value is -2.14. The fourth-order valence-electron chi connectivity index (χ4n) is 1.89. The molecule has 3 aromatic rings. The van der Waals surface area contributed by atoms with Crippen molar-refractivity contribution in [2.75, 3.05) is 5.32 Å². The van der Waals surface area contributed by atoms with Gasteiger partial charge in [-0.2, -0.15) is 19.6 Å². The Morgan fingerprint density at radius 2 is 2.05 bits per heavy atom. The molecule has 2 heterocycles. The van der Waals surface area contributed by atoms with Crippen LogP contribution in [0.1, 0.15) is 11.1 Å². The SMILES string of the molecule is Cc1c(Cl)nc2ncnn2c1NCc1ccccc1. The molecule has 0 unspecified atom stereocenters. The first-order chi connectivity index (χ1) is 9.25. The summed E-state index contributed by atoms with van der Waals surface area (Å²) in [6, 6.07) is 10.1. The van der Waals surface area contributed by atoms with E-state index in [0.29, 0.717) is 17.5 Å². The second kappa shape index (κ2) is 4.85. The van der Waals surface area contributed by atoms with Crippen molar-refractivity contribution < 1.29 is 0 Å². The molecule has 0 atom stereocenters. The van der Waals surface area contributed by atoms with Crippen molar-refractivity contribution in [3.05, 3.63) is 52.9 Å². The molecule has 3 rings (SSSR count). The molecule has 0 saturated heterocycles. The van der Waals surface area contributed by atoms with Gasteiger partial charge in [0.25, 0.3) is 5.78 Å². The van der Waals surface area contributed by atoms with E-state index in [0.717, 1.165) is 11.4 Å². The molecule has 96 valence electrons. The fourth-order valence-corrected chi connectivity index (χ4v) is 2.05. The van der Waals surface area contributed by atoms with Crippen molar-refractivity contribution in [1.29, 1.82) is 0 Å². The van der Waals surface area contributed by atoms with Crippen LogP contribution in [0.2, 0.25) is 5.15 Å². The molecule has 6 heteroatoms. The van der Waals surface area contributed by atoms with Gasteiger partial charge in [-0.25, -0.2) is 0 Å². The smallest absolute Gasteiger partial charge is 0.255 e. The molecular formula is C13H12ClN5. The van der Waals surface area contributed by atoms with E-state index in [4.69, 9.17) is 11.6 Å². The van der Waals surface area contributed by atoms with E-state index >= 15 is 0 Å². The van der Waals surface area contributed by atoms with Crippen LogP contribution < -0.4 is 5.32 Å². The van der Waals surface area contributed by atoms with E-state index in [1.54, 1.807) is 4.52 Å². The summed E-state index contributed by atoms with van der Waals surface area (Å²) >= 11 is 6.10. The molecule has 0 amide bonds. The van der Waals surface area contributed by atoms with E-state index in [1.807, 2.05) is 25.1 Å². The number of fused-ring (bicyclic) bond motifs is 1. The van der Waals surface area contributed by atoms with Gasteiger partial charge in [-0.3, -0.25) is 0 Å². The van der Waals surface area contributed by atoms with E-state index in [2.05, 4.69) is 32.5 Å². The van der Waals surface area contributed by atoms with Gasteiger partial charge >= 0.3 is 0 Å². The highest BCUT2D eigenvalue weighted by Crippen LogP contribution is 2.22. The van der Waals surface area contributed by atoms with Crippen LogP contribution in [0, 0.1) is 6.92 Å². The van der Waals surface area contributed by atoms with Crippen LogP contribution in [0.5, 0.6) is 0 Å². The number of halogens is 1. The van der Waals surface area contributed by atoms with Crippen molar-refractivity contribution in [3.63, 3.8) is 0 Å². The Bertz CT molecular complexity index is 708. The number of nitrogens with zero attached hydrogens (tertiary/aromatic N) is 4. The summed E-state index contributed by atoms with van der Waals surface area (Å²) in [6.07, 6.45) is 1.46. The third kappa shape index (κ3) is 2.24. The lowest BCUT2D eigenvalue weighted by molar-refractivity contribution is 0.914. The van der Waals surface area contributed by atoms with Gasteiger partial charge in [0, 0.05) is 12.1 Å². The normalized spacial score (nSPS) is 10.8. The maximum atomic E-state index is 6.10. The van der Waals surface area contributed by atoms with Gasteiger partial charge in [0.1, 0.15) is 17.3 Å². The largest absolute Gasteiger partial charge is 0.366 e. The minimum absolute atomic E-state index is 0.441. The third-order valence-corrected chi connectivity index (χ3v) is 3.28. The fraction of sp³-hybridized carbons (Fsp3) is 0.154. The van der Waals surface area contributed by atoms with Crippen LogP contribution >= 0.6 is 11.6 Å². The maximum absolute atomic E-state index is 6.10. The van der Waals surface area contributed by atoms with Crippen LogP contribution in [0.4, 0.5) is 5.82 Å². The molecule has 0 aliphatic heterocycles. The van der Waals surface area contributed by atoms with Crippen LogP contribution in [0.25, 0.3) is 5.78 Å². The molecule has 0 aliphatic rings. The zero-order valence-electron chi connectivity index (χ0n) is 10.3. The zero-order valence-corrected chi connectivity index (χ0v) is 11.1. The summed E-state index contributed by atoms with van der Waals surface area (Å²) in [4.78, 5) is 8.22. The highest BCUT2D eigenvalue weighted by Gasteiger charge is 2.11. The average molecular weight is 274 g/mol. The minimum atomic E-state index is 0.441. The van der Waals surface area contributed by atoms with Crippen molar-refractivity contribution >= 4 is 23.2 Å². The van der Waals surface area contributed by atoms with Gasteiger partial charge < -0.3 is 5.32 Å². The molecule has 2 aromatic heterocycles. The first kappa shape index (κ1) is 11.9. The maximum Gasteiger partial charge on any atom is 0.255 e. The Labute approximate surface area is 115 Å². The highest BCUT2D eigenvalue weighted by atomic mass is 35.5. The van der Waals surface area contributed by atoms with Gasteiger partial charge in [-0.15, -0.1) is 0 Å². The molecule has 0 aliphatic carbocycles. The number of nitrogens with one attached hydrogen (secondary N) is 1. The minimum Gasteiger partial charge on any atom is -0.366 e. The lowest BCUT2D eigenvalue weighted by atomic mass is 10.2. The standard InChI is InChI=1S/C13H12ClN5/c1-9-11(14)18-13-16-8-17-19(13)12(9)15-7-10-5-3-2-4-6-10/h2-6,8,15H,7H2,1H3. The zero-order chi connectivity index (χ0) is 13.2. The number of benzene rings is 1. The topological polar surface area (TPSA) is 55.1 Å². The number of hydrogen-bond donors (Lipinski definition) is 1. The summed E-state index contributed by atoms with van der Waals surface area (Å²) < 4.78 is 1.66. The van der Waals surface area contributed by atoms with Gasteiger partial charge in [0.05, 0.1) is 0 Å². The molecule has 1 aromatic carbocycles. The third-order valence-electron chi connectivity index (χ3n) is 2.91. The van der Waals surface area contributed by atoms with Crippen LogP contribution in [0.15, 0.2) is 36.7 Å². The summed E-state index contributed by atoms with van der Waals surface area (Å²) in [7, 11) is 0. The van der Waals surface area contributed by atoms with Crippen LogP contribution in [-0.2, 0) is 6.54 Å². The summed E-state index contributed by atoms with van der Waals surface area (Å²) in [5.74, 6) is 1.31. The molecule has 5 nitrogen and oxygen atoms in total. The summed E-state index contributed by atoms with van der Waals surface area (Å²) in [5, 5.41) is 7.93. The molecule has 0 bridgehead atoms. The monoisotopic (exact) mass is 273 g/mol. The van der Waals surface area contributed by atoms with Gasteiger partial charge in [-0.1, -0.05) is 41.9 Å². The van der Waals surface area contributed by atoms with Crippen LogP contribution in [0.3, 0.4) is 0 Å². The van der Waals surface area contributed by atoms with E-state index in [-0.39, 0.29) is 0 Å². The first-order valence-electron chi connectivity index (χ1n) is 5.89. The van der Waals surface area contributed by atoms with E-state index in [9.17, 15) is 0 Å². The number of aromatic nitrogens is 4. The lowest BCUT2D eigenvalue weighted by Crippen LogP contribution is -2.08. The summed E-state index contributed by atoms with van der Waals surface area (Å²) in [6.45, 7) is 2.60. The van der Waals surface area contributed by atoms with Crippen molar-refractivity contribution in [1.82, 2.24) is 19.6 Å². The first-order valence-corrected chi connectivity index (χ1v) is 6.27. The number of anilines is 1. The van der Waals surface area contributed by atoms with Crippen molar-refractivity contribution in [3.8, 4) is 0 Å². The predicted molar refractivity (Wildman–Crippen MR) is 74.3 cm³/mol. The predicted octanol–water partition coefficient (Wildman–Crippen LogP) is 2.70. The molecule has 1 N–H and O–H groups in total. The van der Waals surface area contributed by atoms with Crippen LogP contribution in [-0.4, -0.2) is 19.6 Å². The molecule has 0 spiro atoms. The molecule has 0 fully saturated rings. The highest BCUT2D eigenvalue weighted by molar-refractivity contribution is 6.30. The molecule has 0 saturated carbocycles. The molecule has 0 radical (unpaired) electrons. The van der Waals surface area contributed by atoms with Gasteiger partial charge in [0.15, 0.2) is 0 Å². The number of rotatable bonds is 3. The van der Waals surface area contributed by atoms with E-state index in [1.165, 1.54) is 11.9 Å². The van der Waals surface area contributed by atoms with Gasteiger partial charge in [0.2, 0.25) is 0 Å². The lowest BCUT2D eigenvalue weighted by Gasteiger charge is -2.11. The average Bonchev–Trinajstić information content (AvgIpc) is 2.88. The number of hydrogen-bond acceptors (Lipinski definition) is 4. The Morgan fingerprint density at radius 1 is 1.26 bits per heavy atom.